The minimum Gasteiger partial charge on any atom is -0.369 e. The standard InChI is InChI=1S/C17H14FN5O3S/c1-17(7-14(24)22(2)16(20)21-17)13-6-12(23(25)26)15(27-13)9-3-4-11(18)10(5-9)8-19/h3-6H,7H2,1-2H3,(H2,20,21)/t17-/m0/s1. The Morgan fingerprint density at radius 3 is 2.78 bits per heavy atom. The third kappa shape index (κ3) is 3.13. The van der Waals surface area contributed by atoms with Gasteiger partial charge in [0.1, 0.15) is 22.3 Å². The molecule has 1 aliphatic rings. The molecule has 0 saturated heterocycles. The van der Waals surface area contributed by atoms with Crippen LogP contribution in [0.1, 0.15) is 23.8 Å². The quantitative estimate of drug-likeness (QED) is 0.640. The van der Waals surface area contributed by atoms with Gasteiger partial charge >= 0.3 is 0 Å². The Balaban J connectivity index is 2.17. The first-order valence-electron chi connectivity index (χ1n) is 7.77. The predicted octanol–water partition coefficient (Wildman–Crippen LogP) is 2.73. The number of nitriles is 1. The highest BCUT2D eigenvalue weighted by molar-refractivity contribution is 7.16. The SMILES string of the molecule is CN1C(=O)C[C@@](C)(c2cc([N+](=O)[O-])c(-c3ccc(F)c(C#N)c3)s2)N=C1N. The Morgan fingerprint density at radius 2 is 2.19 bits per heavy atom. The molecule has 1 atom stereocenters. The monoisotopic (exact) mass is 387 g/mol. The molecule has 0 radical (unpaired) electrons. The highest BCUT2D eigenvalue weighted by Gasteiger charge is 2.39. The van der Waals surface area contributed by atoms with Crippen LogP contribution in [-0.4, -0.2) is 28.7 Å². The highest BCUT2D eigenvalue weighted by atomic mass is 32.1. The molecule has 1 aliphatic heterocycles. The average Bonchev–Trinajstić information content (AvgIpc) is 3.06. The maximum atomic E-state index is 13.6. The van der Waals surface area contributed by atoms with Crippen LogP contribution in [0.15, 0.2) is 29.3 Å². The van der Waals surface area contributed by atoms with Crippen molar-refractivity contribution >= 4 is 28.9 Å². The van der Waals surface area contributed by atoms with Crippen molar-refractivity contribution in [2.24, 2.45) is 10.7 Å². The lowest BCUT2D eigenvalue weighted by molar-refractivity contribution is -0.383. The summed E-state index contributed by atoms with van der Waals surface area (Å²) in [6.45, 7) is 1.68. The van der Waals surface area contributed by atoms with Crippen molar-refractivity contribution in [3.8, 4) is 16.5 Å². The second-order valence-corrected chi connectivity index (χ2v) is 7.31. The second kappa shape index (κ2) is 6.44. The lowest BCUT2D eigenvalue weighted by Crippen LogP contribution is -2.47. The topological polar surface area (TPSA) is 126 Å². The first-order chi connectivity index (χ1) is 12.7. The molecule has 0 fully saturated rings. The molecule has 1 amide bonds. The number of amides is 1. The van der Waals surface area contributed by atoms with Gasteiger partial charge in [-0.05, 0) is 19.1 Å². The van der Waals surface area contributed by atoms with Crippen LogP contribution < -0.4 is 5.73 Å². The third-order valence-electron chi connectivity index (χ3n) is 4.36. The molecule has 2 N–H and O–H groups in total. The van der Waals surface area contributed by atoms with E-state index in [-0.39, 0.29) is 34.4 Å². The number of hydrogen-bond donors (Lipinski definition) is 1. The van der Waals surface area contributed by atoms with E-state index in [2.05, 4.69) is 4.99 Å². The van der Waals surface area contributed by atoms with E-state index in [0.717, 1.165) is 17.4 Å². The van der Waals surface area contributed by atoms with Crippen molar-refractivity contribution in [2.75, 3.05) is 7.05 Å². The fourth-order valence-corrected chi connectivity index (χ4v) is 4.00. The van der Waals surface area contributed by atoms with Crippen LogP contribution in [0.4, 0.5) is 10.1 Å². The number of hydrogen-bond acceptors (Lipinski definition) is 7. The van der Waals surface area contributed by atoms with Gasteiger partial charge in [-0.2, -0.15) is 5.26 Å². The molecule has 0 saturated carbocycles. The minimum atomic E-state index is -1.04. The number of rotatable bonds is 3. The zero-order valence-electron chi connectivity index (χ0n) is 14.4. The molecule has 138 valence electrons. The summed E-state index contributed by atoms with van der Waals surface area (Å²) in [5.41, 5.74) is 4.69. The van der Waals surface area contributed by atoms with Gasteiger partial charge in [0.15, 0.2) is 5.96 Å². The van der Waals surface area contributed by atoms with Crippen LogP contribution in [-0.2, 0) is 10.3 Å². The number of benzene rings is 1. The van der Waals surface area contributed by atoms with E-state index >= 15 is 0 Å². The molecule has 27 heavy (non-hydrogen) atoms. The summed E-state index contributed by atoms with van der Waals surface area (Å²) in [7, 11) is 1.50. The Kier molecular flexibility index (Phi) is 4.41. The fourth-order valence-electron chi connectivity index (χ4n) is 2.79. The molecule has 10 heteroatoms. The zero-order chi connectivity index (χ0) is 19.9. The van der Waals surface area contributed by atoms with E-state index in [1.807, 2.05) is 0 Å². The lowest BCUT2D eigenvalue weighted by Gasteiger charge is -2.32. The molecule has 0 unspecified atom stereocenters. The number of carbonyl (C=O) groups excluding carboxylic acids is 1. The molecule has 0 aliphatic carbocycles. The number of carbonyl (C=O) groups is 1. The van der Waals surface area contributed by atoms with Crippen LogP contribution in [0.5, 0.6) is 0 Å². The predicted molar refractivity (Wildman–Crippen MR) is 97.4 cm³/mol. The summed E-state index contributed by atoms with van der Waals surface area (Å²) in [6.07, 6.45) is 0.00811. The van der Waals surface area contributed by atoms with Crippen LogP contribution in [0.2, 0.25) is 0 Å². The summed E-state index contributed by atoms with van der Waals surface area (Å²) in [4.78, 5) is 29.5. The summed E-state index contributed by atoms with van der Waals surface area (Å²) >= 11 is 1.07. The van der Waals surface area contributed by atoms with Crippen molar-refractivity contribution in [2.45, 2.75) is 18.9 Å². The zero-order valence-corrected chi connectivity index (χ0v) is 15.2. The van der Waals surface area contributed by atoms with Gasteiger partial charge in [-0.3, -0.25) is 19.8 Å². The number of nitrogens with zero attached hydrogens (tertiary/aromatic N) is 4. The van der Waals surface area contributed by atoms with Crippen molar-refractivity contribution in [1.82, 2.24) is 4.90 Å². The summed E-state index contributed by atoms with van der Waals surface area (Å²) in [5.74, 6) is -0.929. The van der Waals surface area contributed by atoms with Gasteiger partial charge < -0.3 is 5.73 Å². The number of nitrogens with two attached hydrogens (primary N) is 1. The van der Waals surface area contributed by atoms with Gasteiger partial charge in [0.25, 0.3) is 5.69 Å². The maximum absolute atomic E-state index is 13.6. The Morgan fingerprint density at radius 1 is 1.48 bits per heavy atom. The van der Waals surface area contributed by atoms with Crippen LogP contribution in [0.25, 0.3) is 10.4 Å². The van der Waals surface area contributed by atoms with Gasteiger partial charge in [-0.1, -0.05) is 6.07 Å². The number of guanidine groups is 1. The number of aliphatic imine (C=N–C) groups is 1. The molecule has 1 aromatic heterocycles. The van der Waals surface area contributed by atoms with Crippen molar-refractivity contribution in [3.05, 3.63) is 50.6 Å². The molecule has 3 rings (SSSR count). The van der Waals surface area contributed by atoms with Gasteiger partial charge in [-0.25, -0.2) is 9.38 Å². The van der Waals surface area contributed by atoms with E-state index in [0.29, 0.717) is 10.4 Å². The van der Waals surface area contributed by atoms with Crippen LogP contribution in [0.3, 0.4) is 0 Å². The number of halogens is 1. The van der Waals surface area contributed by atoms with Crippen molar-refractivity contribution in [3.63, 3.8) is 0 Å². The Hall–Kier alpha value is -3.32. The van der Waals surface area contributed by atoms with Crippen molar-refractivity contribution < 1.29 is 14.1 Å². The third-order valence-corrected chi connectivity index (χ3v) is 5.79. The van der Waals surface area contributed by atoms with E-state index in [1.165, 1.54) is 30.1 Å². The van der Waals surface area contributed by atoms with E-state index < -0.39 is 16.3 Å². The summed E-state index contributed by atoms with van der Waals surface area (Å²) in [6, 6.07) is 6.80. The Labute approximate surface area is 157 Å². The fraction of sp³-hybridized carbons (Fsp3) is 0.235. The van der Waals surface area contributed by atoms with Gasteiger partial charge in [-0.15, -0.1) is 11.3 Å². The second-order valence-electron chi connectivity index (χ2n) is 6.26. The van der Waals surface area contributed by atoms with Crippen molar-refractivity contribution in [1.29, 1.82) is 5.26 Å². The highest BCUT2D eigenvalue weighted by Crippen LogP contribution is 2.45. The van der Waals surface area contributed by atoms with Gasteiger partial charge in [0, 0.05) is 23.6 Å². The largest absolute Gasteiger partial charge is 0.369 e. The van der Waals surface area contributed by atoms with Crippen LogP contribution >= 0.6 is 11.3 Å². The van der Waals surface area contributed by atoms with E-state index in [1.54, 1.807) is 13.0 Å². The normalized spacial score (nSPS) is 19.6. The van der Waals surface area contributed by atoms with Gasteiger partial charge in [0.05, 0.1) is 16.9 Å². The maximum Gasteiger partial charge on any atom is 0.288 e. The van der Waals surface area contributed by atoms with Gasteiger partial charge in [0.2, 0.25) is 5.91 Å². The Bertz CT molecular complexity index is 1040. The smallest absolute Gasteiger partial charge is 0.288 e. The van der Waals surface area contributed by atoms with E-state index in [9.17, 15) is 19.3 Å². The minimum absolute atomic E-state index is 0.00811. The number of nitro groups is 1. The molecule has 0 bridgehead atoms. The molecule has 1 aromatic carbocycles. The van der Waals surface area contributed by atoms with Crippen LogP contribution in [0, 0.1) is 27.3 Å². The molecule has 2 heterocycles. The molecule has 8 nitrogen and oxygen atoms in total. The molecule has 0 spiro atoms. The molecular weight excluding hydrogens is 373 g/mol. The molecular formula is C17H14FN5O3S. The summed E-state index contributed by atoms with van der Waals surface area (Å²) < 4.78 is 13.6. The first-order valence-corrected chi connectivity index (χ1v) is 8.58. The van der Waals surface area contributed by atoms with E-state index in [4.69, 9.17) is 11.0 Å². The average molecular weight is 387 g/mol. The summed E-state index contributed by atoms with van der Waals surface area (Å²) in [5, 5.41) is 20.5. The number of thiophene rings is 1. The lowest BCUT2D eigenvalue weighted by atomic mass is 9.94. The first kappa shape index (κ1) is 18.5. The molecule has 2 aromatic rings.